The molecule has 0 unspecified atom stereocenters. The van der Waals surface area contributed by atoms with Crippen molar-refractivity contribution >= 4 is 17.5 Å². The molecular weight excluding hydrogens is 633 g/mol. The van der Waals surface area contributed by atoms with Crippen molar-refractivity contribution in [3.63, 3.8) is 0 Å². The molecule has 2 aliphatic rings. The fourth-order valence-corrected chi connectivity index (χ4v) is 6.12. The molecule has 0 bridgehead atoms. The molecule has 4 aromatic heterocycles. The number of hydrogen-bond donors (Lipinski definition) is 2. The molecule has 2 N–H and O–H groups in total. The molecule has 1 saturated carbocycles. The number of fused-ring (bicyclic) bond motifs is 1. The second-order valence-electron chi connectivity index (χ2n) is 11.6. The van der Waals surface area contributed by atoms with Crippen molar-refractivity contribution in [3.8, 4) is 0 Å². The predicted molar refractivity (Wildman–Crippen MR) is 138 cm³/mol. The molecule has 1 saturated heterocycles. The summed E-state index contributed by atoms with van der Waals surface area (Å²) in [7, 11) is 0. The van der Waals surface area contributed by atoms with E-state index in [0.717, 1.165) is 0 Å². The maximum Gasteiger partial charge on any atom is 0.408 e. The van der Waals surface area contributed by atoms with Gasteiger partial charge in [-0.3, -0.25) is 14.3 Å². The lowest BCUT2D eigenvalue weighted by Gasteiger charge is -2.33. The van der Waals surface area contributed by atoms with Gasteiger partial charge in [0.15, 0.2) is 11.3 Å². The Kier molecular flexibility index (Phi) is 7.91. The number of alkyl halides is 7. The van der Waals surface area contributed by atoms with Crippen molar-refractivity contribution in [2.75, 3.05) is 0 Å². The molecule has 246 valence electrons. The van der Waals surface area contributed by atoms with Crippen molar-refractivity contribution in [2.24, 2.45) is 11.3 Å². The number of amides is 2. The van der Waals surface area contributed by atoms with Crippen LogP contribution in [-0.2, 0) is 17.8 Å². The molecule has 2 fully saturated rings. The molecule has 13 nitrogen and oxygen atoms in total. The van der Waals surface area contributed by atoms with Crippen molar-refractivity contribution in [2.45, 2.75) is 75.7 Å². The first-order valence-electron chi connectivity index (χ1n) is 14.1. The largest absolute Gasteiger partial charge is 0.408 e. The minimum absolute atomic E-state index is 0.0243. The third-order valence-electron chi connectivity index (χ3n) is 8.43. The number of rotatable bonds is 9. The van der Waals surface area contributed by atoms with Gasteiger partial charge in [-0.1, -0.05) is 5.21 Å². The van der Waals surface area contributed by atoms with Crippen LogP contribution in [-0.4, -0.2) is 69.9 Å². The maximum absolute atomic E-state index is 14.0. The number of halogens is 7. The van der Waals surface area contributed by atoms with Crippen LogP contribution in [0.5, 0.6) is 0 Å². The van der Waals surface area contributed by atoms with E-state index in [9.17, 15) is 40.3 Å². The van der Waals surface area contributed by atoms with E-state index in [1.807, 2.05) is 5.32 Å². The van der Waals surface area contributed by atoms with Crippen LogP contribution in [0, 0.1) is 11.3 Å². The molecule has 46 heavy (non-hydrogen) atoms. The molecule has 2 amide bonds. The summed E-state index contributed by atoms with van der Waals surface area (Å²) >= 11 is 0. The van der Waals surface area contributed by atoms with Gasteiger partial charge in [0.1, 0.15) is 6.04 Å². The summed E-state index contributed by atoms with van der Waals surface area (Å²) in [4.78, 5) is 30.6. The smallest absolute Gasteiger partial charge is 0.344 e. The minimum Gasteiger partial charge on any atom is -0.344 e. The summed E-state index contributed by atoms with van der Waals surface area (Å²) in [6.07, 6.45) is -4.07. The third-order valence-corrected chi connectivity index (χ3v) is 8.43. The van der Waals surface area contributed by atoms with Crippen LogP contribution in [0.15, 0.2) is 35.5 Å². The lowest BCUT2D eigenvalue weighted by atomic mass is 9.79. The minimum atomic E-state index is -4.68. The molecule has 5 heterocycles. The average molecular weight is 659 g/mol. The van der Waals surface area contributed by atoms with Gasteiger partial charge in [0.25, 0.3) is 12.3 Å². The highest BCUT2D eigenvalue weighted by atomic mass is 19.4. The zero-order valence-corrected chi connectivity index (χ0v) is 23.6. The van der Waals surface area contributed by atoms with Gasteiger partial charge in [-0.15, -0.1) is 5.10 Å². The lowest BCUT2D eigenvalue weighted by molar-refractivity contribution is -0.155. The van der Waals surface area contributed by atoms with Crippen molar-refractivity contribution in [1.82, 2.24) is 50.5 Å². The summed E-state index contributed by atoms with van der Waals surface area (Å²) in [5.41, 5.74) is -2.63. The van der Waals surface area contributed by atoms with Gasteiger partial charge in [0.05, 0.1) is 42.3 Å². The number of aromatic nitrogens is 8. The highest BCUT2D eigenvalue weighted by Gasteiger charge is 2.55. The second-order valence-corrected chi connectivity index (χ2v) is 11.6. The number of nitrogens with one attached hydrogen (secondary N) is 2. The molecule has 4 aromatic rings. The Morgan fingerprint density at radius 1 is 1.20 bits per heavy atom. The van der Waals surface area contributed by atoms with Crippen molar-refractivity contribution < 1.29 is 45.0 Å². The SMILES string of the molecule is O=C(N[C@H](c1cn2ncc(C[C@@]3(Cn4ccnn4)C[C@@H](C(F)(F)F)NC3=O)cc2n1)C1CCC(F)(F)CC1)c1nonc1C(F)F. The van der Waals surface area contributed by atoms with Gasteiger partial charge in [-0.2, -0.15) is 18.3 Å². The Labute approximate surface area is 253 Å². The zero-order chi connectivity index (χ0) is 32.9. The Balaban J connectivity index is 1.31. The van der Waals surface area contributed by atoms with Crippen LogP contribution in [0.4, 0.5) is 30.7 Å². The number of carbonyl (C=O) groups excluding carboxylic acids is 2. The first kappa shape index (κ1) is 31.3. The van der Waals surface area contributed by atoms with Gasteiger partial charge in [0, 0.05) is 19.0 Å². The standard InChI is InChI=1S/C26H25F7N10O3/c27-21(28)19-20(40-46-39-19)22(44)38-18(14-1-3-25(29,30)4-2-14)15-11-43-17(36-15)7-13(10-35-43)8-24(12-42-6-5-34-41-42)9-16(26(31,32)33)37-23(24)45/h5-7,10-11,14,16,18,21H,1-4,8-9,12H2,(H,37,45)(H,38,44)/t16-,18-,24-/m0/s1. The first-order chi connectivity index (χ1) is 21.7. The van der Waals surface area contributed by atoms with E-state index >= 15 is 0 Å². The topological polar surface area (TPSA) is 158 Å². The average Bonchev–Trinajstić information content (AvgIpc) is 3.79. The lowest BCUT2D eigenvalue weighted by Crippen LogP contribution is -2.40. The normalized spacial score (nSPS) is 22.8. The summed E-state index contributed by atoms with van der Waals surface area (Å²) in [6, 6.07) is -1.61. The van der Waals surface area contributed by atoms with Crippen LogP contribution >= 0.6 is 0 Å². The van der Waals surface area contributed by atoms with Gasteiger partial charge >= 0.3 is 6.18 Å². The fourth-order valence-electron chi connectivity index (χ4n) is 6.12. The van der Waals surface area contributed by atoms with E-state index in [2.05, 4.69) is 40.7 Å². The Morgan fingerprint density at radius 2 is 1.96 bits per heavy atom. The third kappa shape index (κ3) is 6.23. The van der Waals surface area contributed by atoms with Crippen LogP contribution in [0.1, 0.15) is 72.0 Å². The molecule has 1 aliphatic heterocycles. The molecule has 0 spiro atoms. The first-order valence-corrected chi connectivity index (χ1v) is 14.1. The number of carbonyl (C=O) groups is 2. The van der Waals surface area contributed by atoms with Gasteiger partial charge in [0.2, 0.25) is 17.5 Å². The Hall–Kier alpha value is -4.65. The Morgan fingerprint density at radius 3 is 2.61 bits per heavy atom. The molecule has 6 rings (SSSR count). The molecule has 0 aromatic carbocycles. The van der Waals surface area contributed by atoms with Crippen LogP contribution in [0.3, 0.4) is 0 Å². The van der Waals surface area contributed by atoms with Crippen LogP contribution in [0.25, 0.3) is 5.65 Å². The van der Waals surface area contributed by atoms with Gasteiger partial charge in [-0.25, -0.2) is 31.7 Å². The molecular formula is C26H25F7N10O3. The fraction of sp³-hybridized carbons (Fsp3) is 0.538. The zero-order valence-electron chi connectivity index (χ0n) is 23.6. The van der Waals surface area contributed by atoms with E-state index in [1.165, 1.54) is 40.1 Å². The van der Waals surface area contributed by atoms with E-state index in [1.54, 1.807) is 0 Å². The van der Waals surface area contributed by atoms with E-state index in [4.69, 9.17) is 0 Å². The van der Waals surface area contributed by atoms with Crippen molar-refractivity contribution in [3.05, 3.63) is 53.5 Å². The van der Waals surface area contributed by atoms with Crippen LogP contribution in [0.2, 0.25) is 0 Å². The molecule has 0 radical (unpaired) electrons. The number of nitrogens with zero attached hydrogens (tertiary/aromatic N) is 8. The summed E-state index contributed by atoms with van der Waals surface area (Å²) < 4.78 is 102. The predicted octanol–water partition coefficient (Wildman–Crippen LogP) is 3.62. The van der Waals surface area contributed by atoms with E-state index in [-0.39, 0.29) is 37.1 Å². The summed E-state index contributed by atoms with van der Waals surface area (Å²) in [5.74, 6) is -5.38. The Bertz CT molecular complexity index is 1710. The monoisotopic (exact) mass is 658 g/mol. The van der Waals surface area contributed by atoms with Gasteiger partial charge < -0.3 is 10.6 Å². The molecule has 1 aliphatic carbocycles. The number of imidazole rings is 1. The highest BCUT2D eigenvalue weighted by Crippen LogP contribution is 2.43. The summed E-state index contributed by atoms with van der Waals surface area (Å²) in [5, 5.41) is 22.7. The number of hydrogen-bond acceptors (Lipinski definition) is 9. The van der Waals surface area contributed by atoms with E-state index in [0.29, 0.717) is 5.56 Å². The summed E-state index contributed by atoms with van der Waals surface area (Å²) in [6.45, 7) is -0.200. The van der Waals surface area contributed by atoms with Crippen LogP contribution < -0.4 is 10.6 Å². The maximum atomic E-state index is 14.0. The quantitative estimate of drug-likeness (QED) is 0.256. The highest BCUT2D eigenvalue weighted by molar-refractivity contribution is 5.93. The molecule has 20 heteroatoms. The van der Waals surface area contributed by atoms with Crippen molar-refractivity contribution in [1.29, 1.82) is 0 Å². The second kappa shape index (κ2) is 11.6. The van der Waals surface area contributed by atoms with E-state index < -0.39 is 84.4 Å². The molecule has 3 atom stereocenters. The van der Waals surface area contributed by atoms with Gasteiger partial charge in [-0.05, 0) is 53.5 Å².